The van der Waals surface area contributed by atoms with Gasteiger partial charge in [0.25, 0.3) is 0 Å². The van der Waals surface area contributed by atoms with E-state index in [1.165, 1.54) is 205 Å². The predicted octanol–water partition coefficient (Wildman–Crippen LogP) is 13.5. The van der Waals surface area contributed by atoms with Gasteiger partial charge in [-0.25, -0.2) is 0 Å². The zero-order valence-electron chi connectivity index (χ0n) is 28.7. The van der Waals surface area contributed by atoms with Crippen LogP contribution in [0.2, 0.25) is 0 Å². The molecule has 0 atom stereocenters. The summed E-state index contributed by atoms with van der Waals surface area (Å²) in [4.78, 5) is 10.5. The van der Waals surface area contributed by atoms with Crippen molar-refractivity contribution in [1.29, 1.82) is 0 Å². The van der Waals surface area contributed by atoms with Gasteiger partial charge in [-0.05, 0) is 12.8 Å². The fourth-order valence-corrected chi connectivity index (χ4v) is 6.47. The molecule has 0 saturated carbocycles. The van der Waals surface area contributed by atoms with Crippen LogP contribution in [0.3, 0.4) is 0 Å². The van der Waals surface area contributed by atoms with E-state index in [0.29, 0.717) is 10.7 Å². The van der Waals surface area contributed by atoms with Crippen molar-refractivity contribution in [3.8, 4) is 0 Å². The van der Waals surface area contributed by atoms with Gasteiger partial charge in [0.05, 0.1) is 0 Å². The van der Waals surface area contributed by atoms with Gasteiger partial charge in [0, 0.05) is 13.0 Å². The molecule has 0 unspecified atom stereocenters. The number of nitrogens with one attached hydrogen (secondary N) is 1. The van der Waals surface area contributed by atoms with Crippen molar-refractivity contribution in [2.45, 2.75) is 225 Å². The third kappa shape index (κ3) is 41.7. The Balaban J connectivity index is 3.04. The molecule has 0 saturated heterocycles. The molecule has 5 heteroatoms. The third-order valence-electron chi connectivity index (χ3n) is 9.09. The van der Waals surface area contributed by atoms with Crippen LogP contribution >= 0.6 is 24.8 Å². The summed E-state index contributed by atoms with van der Waals surface area (Å²) in [7, 11) is 0. The number of carbonyl (C=O) groups is 1. The van der Waals surface area contributed by atoms with E-state index >= 15 is 0 Å². The summed E-state index contributed by atoms with van der Waals surface area (Å²) >= 11 is 8.99. The van der Waals surface area contributed by atoms with E-state index in [-0.39, 0.29) is 0 Å². The van der Waals surface area contributed by atoms with Gasteiger partial charge < -0.3 is 10.4 Å². The van der Waals surface area contributed by atoms with Gasteiger partial charge in [-0.15, -0.1) is 12.6 Å². The molecule has 0 rings (SSSR count). The first kappa shape index (κ1) is 42.7. The highest BCUT2D eigenvalue weighted by molar-refractivity contribution is 8.11. The van der Waals surface area contributed by atoms with Crippen molar-refractivity contribution in [1.82, 2.24) is 5.32 Å². The monoisotopic (exact) mass is 642 g/mol. The minimum Gasteiger partial charge on any atom is -0.481 e. The lowest BCUT2D eigenvalue weighted by Gasteiger charge is -2.05. The van der Waals surface area contributed by atoms with E-state index in [1.807, 2.05) is 0 Å². The number of thiol groups is 1. The lowest BCUT2D eigenvalue weighted by molar-refractivity contribution is -0.137. The highest BCUT2D eigenvalue weighted by atomic mass is 32.1. The highest BCUT2D eigenvalue weighted by Gasteiger charge is 1.99. The van der Waals surface area contributed by atoms with Crippen molar-refractivity contribution >= 4 is 35.1 Å². The van der Waals surface area contributed by atoms with Crippen LogP contribution in [-0.2, 0) is 4.79 Å². The van der Waals surface area contributed by atoms with Crippen LogP contribution in [0.5, 0.6) is 0 Å². The Morgan fingerprint density at radius 3 is 0.767 bits per heavy atom. The third-order valence-corrected chi connectivity index (χ3v) is 9.40. The molecule has 0 aliphatic rings. The number of unbranched alkanes of at least 4 members (excludes halogenated alkanes) is 33. The lowest BCUT2D eigenvalue weighted by atomic mass is 10.0. The van der Waals surface area contributed by atoms with Crippen molar-refractivity contribution in [2.24, 2.45) is 0 Å². The molecule has 0 bridgehead atoms. The number of hydrogen-bond donors (Lipinski definition) is 3. The minimum absolute atomic E-state index is 0.344. The zero-order valence-corrected chi connectivity index (χ0v) is 30.4. The summed E-state index contributed by atoms with van der Waals surface area (Å²) in [5.41, 5.74) is 0. The first-order chi connectivity index (χ1) is 21.1. The fourth-order valence-electron chi connectivity index (χ4n) is 6.25. The van der Waals surface area contributed by atoms with Gasteiger partial charge in [0.15, 0.2) is 0 Å². The van der Waals surface area contributed by atoms with E-state index in [4.69, 9.17) is 17.3 Å². The predicted molar refractivity (Wildman–Crippen MR) is 199 cm³/mol. The number of aliphatic carboxylic acids is 1. The van der Waals surface area contributed by atoms with E-state index in [1.54, 1.807) is 0 Å². The smallest absolute Gasteiger partial charge is 0.303 e. The van der Waals surface area contributed by atoms with E-state index in [9.17, 15) is 4.79 Å². The maximum atomic E-state index is 10.5. The molecule has 0 amide bonds. The van der Waals surface area contributed by atoms with Crippen LogP contribution in [0.4, 0.5) is 0 Å². The van der Waals surface area contributed by atoms with Crippen LogP contribution in [0, 0.1) is 0 Å². The molecule has 0 heterocycles. The molecular weight excluding hydrogens is 567 g/mol. The fraction of sp³-hybridized carbons (Fsp3) is 0.947. The van der Waals surface area contributed by atoms with Crippen LogP contribution in [-0.4, -0.2) is 21.9 Å². The summed E-state index contributed by atoms with van der Waals surface area (Å²) in [6.07, 6.45) is 47.5. The molecule has 0 aromatic rings. The van der Waals surface area contributed by atoms with Gasteiger partial charge >= 0.3 is 5.97 Å². The van der Waals surface area contributed by atoms with Gasteiger partial charge in [-0.1, -0.05) is 218 Å². The second kappa shape index (κ2) is 37.9. The number of thiocarbonyl (C=S) groups is 1. The van der Waals surface area contributed by atoms with Gasteiger partial charge in [0.2, 0.25) is 0 Å². The largest absolute Gasteiger partial charge is 0.481 e. The second-order valence-corrected chi connectivity index (χ2v) is 14.6. The molecule has 256 valence electrons. The summed E-state index contributed by atoms with van der Waals surface area (Å²) in [5.74, 6) is -0.650. The first-order valence-corrected chi connectivity index (χ1v) is 20.2. The maximum Gasteiger partial charge on any atom is 0.303 e. The van der Waals surface area contributed by atoms with Crippen LogP contribution < -0.4 is 5.32 Å². The van der Waals surface area contributed by atoms with Gasteiger partial charge in [-0.3, -0.25) is 4.79 Å². The Morgan fingerprint density at radius 1 is 0.395 bits per heavy atom. The first-order valence-electron chi connectivity index (χ1n) is 19.3. The normalized spacial score (nSPS) is 11.3. The molecule has 0 spiro atoms. The second-order valence-electron chi connectivity index (χ2n) is 13.4. The molecule has 2 N–H and O–H groups in total. The Labute approximate surface area is 280 Å². The van der Waals surface area contributed by atoms with E-state index in [2.05, 4.69) is 17.9 Å². The molecule has 0 fully saturated rings. The van der Waals surface area contributed by atoms with Gasteiger partial charge in [-0.2, -0.15) is 0 Å². The standard InChI is InChI=1S/C38H75NO2S2/c40-37(41)35-33-31-29-27-25-23-21-19-17-15-13-11-9-7-5-3-1-2-4-6-8-10-12-14-16-18-20-22-24-26-28-30-32-34-36-39-38(42)43/h1-36H2,(H,40,41)(H2,39,42,43). The van der Waals surface area contributed by atoms with Crippen molar-refractivity contribution in [3.63, 3.8) is 0 Å². The van der Waals surface area contributed by atoms with Gasteiger partial charge in [0.1, 0.15) is 4.32 Å². The summed E-state index contributed by atoms with van der Waals surface area (Å²) in [6.45, 7) is 0.981. The van der Waals surface area contributed by atoms with E-state index < -0.39 is 5.97 Å². The molecular formula is C38H75NO2S2. The van der Waals surface area contributed by atoms with Crippen LogP contribution in [0.1, 0.15) is 225 Å². The SMILES string of the molecule is O=C(O)CCCCCCCCCCCCCCCCCCCCCCCCCCCCCCCCCCCCNC(=S)S. The summed E-state index contributed by atoms with van der Waals surface area (Å²) in [6, 6.07) is 0. The number of carboxylic acids is 1. The molecule has 0 aliphatic carbocycles. The Morgan fingerprint density at radius 2 is 0.581 bits per heavy atom. The van der Waals surface area contributed by atoms with Crippen LogP contribution in [0.25, 0.3) is 0 Å². The molecule has 0 radical (unpaired) electrons. The van der Waals surface area contributed by atoms with Crippen molar-refractivity contribution < 1.29 is 9.90 Å². The Hall–Kier alpha value is -0.290. The average molecular weight is 642 g/mol. The quantitative estimate of drug-likeness (QED) is 0.0359. The zero-order chi connectivity index (χ0) is 31.3. The Kier molecular flexibility index (Phi) is 37.6. The highest BCUT2D eigenvalue weighted by Crippen LogP contribution is 2.17. The lowest BCUT2D eigenvalue weighted by Crippen LogP contribution is -2.17. The topological polar surface area (TPSA) is 49.3 Å². The molecule has 3 nitrogen and oxygen atoms in total. The van der Waals surface area contributed by atoms with Crippen molar-refractivity contribution in [3.05, 3.63) is 0 Å². The van der Waals surface area contributed by atoms with Crippen molar-refractivity contribution in [2.75, 3.05) is 6.54 Å². The number of rotatable bonds is 37. The summed E-state index contributed by atoms with van der Waals surface area (Å²) in [5, 5.41) is 11.8. The minimum atomic E-state index is -0.650. The van der Waals surface area contributed by atoms with E-state index in [0.717, 1.165) is 19.4 Å². The number of carboxylic acid groups (broad SMARTS) is 1. The Bertz CT molecular complexity index is 524. The van der Waals surface area contributed by atoms with Crippen LogP contribution in [0.15, 0.2) is 0 Å². The number of hydrogen-bond acceptors (Lipinski definition) is 2. The molecule has 0 aliphatic heterocycles. The molecule has 0 aromatic heterocycles. The summed E-state index contributed by atoms with van der Waals surface area (Å²) < 4.78 is 0.625. The molecule has 0 aromatic carbocycles. The molecule has 43 heavy (non-hydrogen) atoms. The maximum absolute atomic E-state index is 10.5. The average Bonchev–Trinajstić information content (AvgIpc) is 2.98.